The molecular formula is C7H12N2O. The minimum atomic E-state index is 0.410. The van der Waals surface area contributed by atoms with E-state index in [4.69, 9.17) is 4.42 Å². The SMILES string of the molecule is CNCC(C)c1cnco1. The first-order valence-corrected chi connectivity index (χ1v) is 3.37. The fourth-order valence-corrected chi connectivity index (χ4v) is 0.876. The number of aromatic nitrogens is 1. The molecule has 1 rings (SSSR count). The molecule has 0 aliphatic carbocycles. The Kier molecular flexibility index (Phi) is 2.45. The molecule has 56 valence electrons. The summed E-state index contributed by atoms with van der Waals surface area (Å²) in [6.45, 7) is 3.02. The Hall–Kier alpha value is -0.830. The maximum Gasteiger partial charge on any atom is 0.180 e. The van der Waals surface area contributed by atoms with Crippen molar-refractivity contribution in [3.8, 4) is 0 Å². The first kappa shape index (κ1) is 7.28. The van der Waals surface area contributed by atoms with Gasteiger partial charge in [-0.3, -0.25) is 0 Å². The van der Waals surface area contributed by atoms with Gasteiger partial charge < -0.3 is 9.73 Å². The standard InChI is InChI=1S/C7H12N2O/c1-6(3-8-2)7-4-9-5-10-7/h4-6,8H,3H2,1-2H3. The summed E-state index contributed by atoms with van der Waals surface area (Å²) < 4.78 is 5.10. The molecule has 0 fully saturated rings. The van der Waals surface area contributed by atoms with Crippen LogP contribution < -0.4 is 5.32 Å². The molecule has 1 unspecified atom stereocenters. The molecule has 1 N–H and O–H groups in total. The Bertz CT molecular complexity index is 172. The Labute approximate surface area is 60.5 Å². The summed E-state index contributed by atoms with van der Waals surface area (Å²) in [5, 5.41) is 3.07. The fourth-order valence-electron chi connectivity index (χ4n) is 0.876. The van der Waals surface area contributed by atoms with Gasteiger partial charge in [0.2, 0.25) is 0 Å². The molecular weight excluding hydrogens is 128 g/mol. The van der Waals surface area contributed by atoms with Crippen LogP contribution >= 0.6 is 0 Å². The van der Waals surface area contributed by atoms with Gasteiger partial charge in [-0.25, -0.2) is 4.98 Å². The highest BCUT2D eigenvalue weighted by atomic mass is 16.3. The fraction of sp³-hybridized carbons (Fsp3) is 0.571. The molecule has 1 aromatic rings. The lowest BCUT2D eigenvalue weighted by Crippen LogP contribution is -2.14. The zero-order valence-electron chi connectivity index (χ0n) is 6.29. The van der Waals surface area contributed by atoms with Crippen LogP contribution in [-0.2, 0) is 0 Å². The average Bonchev–Trinajstić information content (AvgIpc) is 2.38. The van der Waals surface area contributed by atoms with Crippen molar-refractivity contribution in [2.75, 3.05) is 13.6 Å². The molecule has 1 atom stereocenters. The molecule has 0 bridgehead atoms. The van der Waals surface area contributed by atoms with E-state index in [1.807, 2.05) is 7.05 Å². The maximum atomic E-state index is 5.10. The van der Waals surface area contributed by atoms with Crippen molar-refractivity contribution in [3.63, 3.8) is 0 Å². The van der Waals surface area contributed by atoms with E-state index < -0.39 is 0 Å². The highest BCUT2D eigenvalue weighted by molar-refractivity contribution is 4.97. The third-order valence-corrected chi connectivity index (χ3v) is 1.45. The summed E-state index contributed by atoms with van der Waals surface area (Å²) in [4.78, 5) is 3.83. The van der Waals surface area contributed by atoms with Crippen LogP contribution in [0.2, 0.25) is 0 Å². The molecule has 3 heteroatoms. The average molecular weight is 140 g/mol. The largest absolute Gasteiger partial charge is 0.448 e. The Morgan fingerprint density at radius 1 is 1.80 bits per heavy atom. The van der Waals surface area contributed by atoms with Crippen LogP contribution in [0.4, 0.5) is 0 Å². The number of likely N-dealkylation sites (N-methyl/N-ethyl adjacent to an activating group) is 1. The summed E-state index contributed by atoms with van der Waals surface area (Å²) >= 11 is 0. The van der Waals surface area contributed by atoms with Crippen LogP contribution in [-0.4, -0.2) is 18.6 Å². The van der Waals surface area contributed by atoms with Gasteiger partial charge in [-0.05, 0) is 7.05 Å². The minimum absolute atomic E-state index is 0.410. The zero-order valence-corrected chi connectivity index (χ0v) is 6.29. The van der Waals surface area contributed by atoms with E-state index >= 15 is 0 Å². The van der Waals surface area contributed by atoms with E-state index in [9.17, 15) is 0 Å². The van der Waals surface area contributed by atoms with Gasteiger partial charge in [0.05, 0.1) is 6.20 Å². The van der Waals surface area contributed by atoms with Crippen LogP contribution in [0.25, 0.3) is 0 Å². The smallest absolute Gasteiger partial charge is 0.180 e. The second-order valence-electron chi connectivity index (χ2n) is 2.36. The lowest BCUT2D eigenvalue weighted by Gasteiger charge is -2.04. The van der Waals surface area contributed by atoms with Crippen LogP contribution in [0.1, 0.15) is 18.6 Å². The highest BCUT2D eigenvalue weighted by Gasteiger charge is 2.05. The Balaban J connectivity index is 2.50. The predicted octanol–water partition coefficient (Wildman–Crippen LogP) is 0.998. The molecule has 10 heavy (non-hydrogen) atoms. The minimum Gasteiger partial charge on any atom is -0.448 e. The topological polar surface area (TPSA) is 38.1 Å². The van der Waals surface area contributed by atoms with E-state index in [0.717, 1.165) is 12.3 Å². The van der Waals surface area contributed by atoms with Crippen LogP contribution in [0, 0.1) is 0 Å². The predicted molar refractivity (Wildman–Crippen MR) is 38.8 cm³/mol. The number of oxazole rings is 1. The van der Waals surface area contributed by atoms with Crippen molar-refractivity contribution in [1.29, 1.82) is 0 Å². The monoisotopic (exact) mass is 140 g/mol. The van der Waals surface area contributed by atoms with Gasteiger partial charge in [0.25, 0.3) is 0 Å². The van der Waals surface area contributed by atoms with Crippen molar-refractivity contribution < 1.29 is 4.42 Å². The first-order valence-electron chi connectivity index (χ1n) is 3.37. The quantitative estimate of drug-likeness (QED) is 0.680. The van der Waals surface area contributed by atoms with Crippen molar-refractivity contribution in [3.05, 3.63) is 18.4 Å². The third kappa shape index (κ3) is 1.57. The normalized spacial score (nSPS) is 13.4. The molecule has 1 heterocycles. The molecule has 0 amide bonds. The van der Waals surface area contributed by atoms with Crippen molar-refractivity contribution in [1.82, 2.24) is 10.3 Å². The molecule has 0 aliphatic heterocycles. The summed E-state index contributed by atoms with van der Waals surface area (Å²) in [6.07, 6.45) is 3.21. The summed E-state index contributed by atoms with van der Waals surface area (Å²) in [7, 11) is 1.92. The molecule has 1 aromatic heterocycles. The summed E-state index contributed by atoms with van der Waals surface area (Å²) in [5.41, 5.74) is 0. The second-order valence-corrected chi connectivity index (χ2v) is 2.36. The molecule has 0 radical (unpaired) electrons. The number of hydrogen-bond donors (Lipinski definition) is 1. The Morgan fingerprint density at radius 3 is 3.10 bits per heavy atom. The maximum absolute atomic E-state index is 5.10. The summed E-state index contributed by atoms with van der Waals surface area (Å²) in [6, 6.07) is 0. The van der Waals surface area contributed by atoms with E-state index in [1.165, 1.54) is 6.39 Å². The Morgan fingerprint density at radius 2 is 2.60 bits per heavy atom. The van der Waals surface area contributed by atoms with Crippen LogP contribution in [0.5, 0.6) is 0 Å². The van der Waals surface area contributed by atoms with Crippen LogP contribution in [0.3, 0.4) is 0 Å². The first-order chi connectivity index (χ1) is 4.84. The molecule has 0 saturated heterocycles. The third-order valence-electron chi connectivity index (χ3n) is 1.45. The molecule has 3 nitrogen and oxygen atoms in total. The van der Waals surface area contributed by atoms with Crippen molar-refractivity contribution in [2.45, 2.75) is 12.8 Å². The molecule has 0 saturated carbocycles. The van der Waals surface area contributed by atoms with Crippen molar-refractivity contribution >= 4 is 0 Å². The van der Waals surface area contributed by atoms with E-state index in [-0.39, 0.29) is 0 Å². The van der Waals surface area contributed by atoms with Gasteiger partial charge in [-0.2, -0.15) is 0 Å². The molecule has 0 spiro atoms. The van der Waals surface area contributed by atoms with Gasteiger partial charge in [-0.1, -0.05) is 6.92 Å². The van der Waals surface area contributed by atoms with E-state index in [2.05, 4.69) is 17.2 Å². The lowest BCUT2D eigenvalue weighted by molar-refractivity contribution is 0.463. The van der Waals surface area contributed by atoms with Crippen molar-refractivity contribution in [2.24, 2.45) is 0 Å². The van der Waals surface area contributed by atoms with Crippen LogP contribution in [0.15, 0.2) is 17.0 Å². The second kappa shape index (κ2) is 3.37. The number of nitrogens with zero attached hydrogens (tertiary/aromatic N) is 1. The highest BCUT2D eigenvalue weighted by Crippen LogP contribution is 2.11. The number of nitrogens with one attached hydrogen (secondary N) is 1. The van der Waals surface area contributed by atoms with Gasteiger partial charge in [0.1, 0.15) is 5.76 Å². The van der Waals surface area contributed by atoms with Gasteiger partial charge in [-0.15, -0.1) is 0 Å². The van der Waals surface area contributed by atoms with E-state index in [0.29, 0.717) is 5.92 Å². The van der Waals surface area contributed by atoms with Gasteiger partial charge in [0, 0.05) is 12.5 Å². The molecule has 0 aliphatic rings. The number of rotatable bonds is 3. The molecule has 0 aromatic carbocycles. The number of hydrogen-bond acceptors (Lipinski definition) is 3. The van der Waals surface area contributed by atoms with Gasteiger partial charge >= 0.3 is 0 Å². The van der Waals surface area contributed by atoms with E-state index in [1.54, 1.807) is 6.20 Å². The zero-order chi connectivity index (χ0) is 7.40. The lowest BCUT2D eigenvalue weighted by atomic mass is 10.1. The summed E-state index contributed by atoms with van der Waals surface area (Å²) in [5.74, 6) is 1.35. The van der Waals surface area contributed by atoms with Gasteiger partial charge in [0.15, 0.2) is 6.39 Å².